The molecule has 0 aliphatic rings. The van der Waals surface area contributed by atoms with Crippen LogP contribution in [-0.4, -0.2) is 47.2 Å². The molecule has 0 saturated carbocycles. The van der Waals surface area contributed by atoms with Crippen LogP contribution in [0.4, 0.5) is 31.5 Å². The number of nitrogen functional groups attached to an aromatic ring is 1. The molecule has 0 unspecified atom stereocenters. The molecule has 0 radical (unpaired) electrons. The molecule has 8 aromatic rings. The van der Waals surface area contributed by atoms with E-state index < -0.39 is 42.4 Å². The number of halogens is 7. The Balaban J connectivity index is 0.000000181. The average molecular weight is 936 g/mol. The topological polar surface area (TPSA) is 172 Å². The summed E-state index contributed by atoms with van der Waals surface area (Å²) < 4.78 is 126. The third-order valence-electron chi connectivity index (χ3n) is 8.77. The van der Waals surface area contributed by atoms with E-state index in [0.29, 0.717) is 65.3 Å². The van der Waals surface area contributed by atoms with Crippen LogP contribution in [-0.2, 0) is 37.0 Å². The van der Waals surface area contributed by atoms with Crippen molar-refractivity contribution in [3.63, 3.8) is 0 Å². The second kappa shape index (κ2) is 17.8. The number of alkyl halides is 6. The largest absolute Gasteiger partial charge is 0.416 e. The SMILES string of the molecule is Cc1cc(C(F)(F)F)ccc1-c1nncc2cc(S(=O)(=O)Cc3nccs3)ccc12.Cc1cc(C(F)(F)F)ccc1-c1nncc2cc(S(=O)(=O)Cl)ccc12.Nc1nccs1. The Morgan fingerprint density at radius 2 is 1.11 bits per heavy atom. The molecular weight excluding hydrogens is 908 g/mol. The summed E-state index contributed by atoms with van der Waals surface area (Å²) in [5.74, 6) is -0.209. The Hall–Kier alpha value is -5.61. The fourth-order valence-electron chi connectivity index (χ4n) is 5.89. The van der Waals surface area contributed by atoms with Gasteiger partial charge in [0.15, 0.2) is 15.0 Å². The molecule has 0 aliphatic carbocycles. The van der Waals surface area contributed by atoms with E-state index in [1.54, 1.807) is 37.7 Å². The fourth-order valence-corrected chi connectivity index (χ4v) is 9.35. The maximum atomic E-state index is 13.0. The first kappa shape index (κ1) is 44.9. The number of anilines is 1. The summed E-state index contributed by atoms with van der Waals surface area (Å²) in [6.45, 7) is 3.11. The van der Waals surface area contributed by atoms with E-state index >= 15 is 0 Å². The summed E-state index contributed by atoms with van der Waals surface area (Å²) in [5, 5.41) is 22.7. The molecule has 4 aromatic carbocycles. The van der Waals surface area contributed by atoms with Crippen molar-refractivity contribution in [1.82, 2.24) is 30.4 Å². The van der Waals surface area contributed by atoms with E-state index in [4.69, 9.17) is 16.4 Å². The molecule has 0 aliphatic heterocycles. The van der Waals surface area contributed by atoms with Crippen molar-refractivity contribution < 1.29 is 43.2 Å². The molecule has 4 heterocycles. The fraction of sp³-hybridized carbons (Fsp3) is 0.128. The third kappa shape index (κ3) is 10.8. The highest BCUT2D eigenvalue weighted by atomic mass is 35.7. The maximum Gasteiger partial charge on any atom is 0.416 e. The van der Waals surface area contributed by atoms with Crippen molar-refractivity contribution in [3.05, 3.63) is 136 Å². The van der Waals surface area contributed by atoms with Crippen LogP contribution in [0, 0.1) is 13.8 Å². The van der Waals surface area contributed by atoms with Gasteiger partial charge in [-0.1, -0.05) is 24.3 Å². The minimum atomic E-state index is -4.44. The summed E-state index contributed by atoms with van der Waals surface area (Å²) in [5.41, 5.74) is 6.20. The molecular formula is C39H28ClF6N7O4S4. The highest BCUT2D eigenvalue weighted by Crippen LogP contribution is 2.37. The minimum Gasteiger partial charge on any atom is -0.375 e. The molecule has 4 aromatic heterocycles. The molecule has 0 bridgehead atoms. The number of nitrogens with two attached hydrogens (primary N) is 1. The van der Waals surface area contributed by atoms with Crippen molar-refractivity contribution in [2.75, 3.05) is 5.73 Å². The molecule has 61 heavy (non-hydrogen) atoms. The molecule has 0 fully saturated rings. The first-order chi connectivity index (χ1) is 28.6. The Morgan fingerprint density at radius 1 is 0.639 bits per heavy atom. The zero-order valence-electron chi connectivity index (χ0n) is 31.3. The number of nitrogens with zero attached hydrogens (tertiary/aromatic N) is 6. The van der Waals surface area contributed by atoms with Gasteiger partial charge in [-0.2, -0.15) is 36.5 Å². The van der Waals surface area contributed by atoms with Gasteiger partial charge in [0.05, 0.1) is 33.3 Å². The Labute approximate surface area is 356 Å². The van der Waals surface area contributed by atoms with Gasteiger partial charge in [-0.15, -0.1) is 32.9 Å². The summed E-state index contributed by atoms with van der Waals surface area (Å²) in [4.78, 5) is 7.75. The van der Waals surface area contributed by atoms with E-state index in [9.17, 15) is 43.2 Å². The standard InChI is InChI=1S/C20H14F3N3O2S2.C16H10ClF3N2O2S.C3H4N2S/c1-12-8-14(20(21,22)23)2-4-16(12)19-17-5-3-15(9-13(17)10-25-26-19)30(27,28)11-18-24-6-7-29-18;1-9-6-11(16(18,19)20)2-4-13(9)15-14-5-3-12(25(17,23)24)7-10(14)8-21-22-15;4-3-5-1-2-6-3/h2-10H,11H2,1H3;2-8H,1H3;1-2H,(H2,4,5). The van der Waals surface area contributed by atoms with Crippen LogP contribution in [0.5, 0.6) is 0 Å². The number of fused-ring (bicyclic) bond motifs is 2. The van der Waals surface area contributed by atoms with Crippen molar-refractivity contribution in [3.8, 4) is 22.5 Å². The zero-order chi connectivity index (χ0) is 44.3. The molecule has 316 valence electrons. The van der Waals surface area contributed by atoms with Gasteiger partial charge < -0.3 is 5.73 Å². The van der Waals surface area contributed by atoms with Gasteiger partial charge in [-0.25, -0.2) is 26.8 Å². The van der Waals surface area contributed by atoms with Crippen molar-refractivity contribution in [1.29, 1.82) is 0 Å². The number of aryl methyl sites for hydroxylation is 2. The quantitative estimate of drug-likeness (QED) is 0.124. The maximum absolute atomic E-state index is 13.0. The van der Waals surface area contributed by atoms with Gasteiger partial charge in [0.25, 0.3) is 9.05 Å². The predicted octanol–water partition coefficient (Wildman–Crippen LogP) is 10.3. The summed E-state index contributed by atoms with van der Waals surface area (Å²) in [6.07, 6.45) is -2.85. The molecule has 0 saturated heterocycles. The Morgan fingerprint density at radius 3 is 1.51 bits per heavy atom. The van der Waals surface area contributed by atoms with Crippen LogP contribution in [0.1, 0.15) is 27.3 Å². The smallest absolute Gasteiger partial charge is 0.375 e. The number of aromatic nitrogens is 6. The lowest BCUT2D eigenvalue weighted by Gasteiger charge is -2.12. The van der Waals surface area contributed by atoms with Gasteiger partial charge in [-0.3, -0.25) is 0 Å². The predicted molar refractivity (Wildman–Crippen MR) is 222 cm³/mol. The van der Waals surface area contributed by atoms with Crippen LogP contribution in [0.25, 0.3) is 44.1 Å². The molecule has 0 atom stereocenters. The van der Waals surface area contributed by atoms with Crippen molar-refractivity contribution >= 4 is 78.9 Å². The van der Waals surface area contributed by atoms with E-state index in [-0.39, 0.29) is 15.5 Å². The lowest BCUT2D eigenvalue weighted by Crippen LogP contribution is -2.06. The van der Waals surface area contributed by atoms with Crippen LogP contribution in [0.2, 0.25) is 0 Å². The van der Waals surface area contributed by atoms with Crippen LogP contribution in [0.15, 0.2) is 118 Å². The summed E-state index contributed by atoms with van der Waals surface area (Å²) in [6, 6.07) is 15.5. The van der Waals surface area contributed by atoms with E-state index in [0.717, 1.165) is 24.3 Å². The van der Waals surface area contributed by atoms with Gasteiger partial charge >= 0.3 is 12.4 Å². The number of thiazole rings is 2. The number of hydrogen-bond acceptors (Lipinski definition) is 13. The van der Waals surface area contributed by atoms with Gasteiger partial charge in [0, 0.05) is 66.5 Å². The normalized spacial score (nSPS) is 12.1. The van der Waals surface area contributed by atoms with Gasteiger partial charge in [0.2, 0.25) is 0 Å². The number of rotatable bonds is 6. The second-order valence-corrected chi connectivity index (χ2v) is 19.4. The average Bonchev–Trinajstić information content (AvgIpc) is 3.90. The summed E-state index contributed by atoms with van der Waals surface area (Å²) in [7, 11) is -2.18. The number of benzene rings is 4. The number of sulfone groups is 1. The van der Waals surface area contributed by atoms with Crippen molar-refractivity contribution in [2.24, 2.45) is 0 Å². The molecule has 2 N–H and O–H groups in total. The minimum absolute atomic E-state index is 0.0928. The van der Waals surface area contributed by atoms with Crippen LogP contribution in [0.3, 0.4) is 0 Å². The molecule has 0 amide bonds. The molecule has 0 spiro atoms. The lowest BCUT2D eigenvalue weighted by molar-refractivity contribution is -0.138. The molecule has 22 heteroatoms. The first-order valence-electron chi connectivity index (χ1n) is 17.2. The highest BCUT2D eigenvalue weighted by Gasteiger charge is 2.32. The van der Waals surface area contributed by atoms with Gasteiger partial charge in [0.1, 0.15) is 22.1 Å². The second-order valence-electron chi connectivity index (χ2n) is 12.9. The van der Waals surface area contributed by atoms with Crippen LogP contribution < -0.4 is 5.73 Å². The number of hydrogen-bond donors (Lipinski definition) is 1. The van der Waals surface area contributed by atoms with E-state index in [2.05, 4.69) is 30.4 Å². The molecule has 8 rings (SSSR count). The van der Waals surface area contributed by atoms with Crippen molar-refractivity contribution in [2.45, 2.75) is 41.7 Å². The van der Waals surface area contributed by atoms with Crippen LogP contribution >= 0.6 is 33.4 Å². The third-order valence-corrected chi connectivity index (χ3v) is 13.3. The summed E-state index contributed by atoms with van der Waals surface area (Å²) >= 11 is 2.70. The molecule has 11 nitrogen and oxygen atoms in total. The zero-order valence-corrected chi connectivity index (χ0v) is 35.3. The van der Waals surface area contributed by atoms with Gasteiger partial charge in [-0.05, 0) is 73.5 Å². The Kier molecular flexibility index (Phi) is 13.1. The lowest BCUT2D eigenvalue weighted by atomic mass is 9.99. The first-order valence-corrected chi connectivity index (χ1v) is 22.9. The van der Waals surface area contributed by atoms with E-state index in [1.165, 1.54) is 77.5 Å². The monoisotopic (exact) mass is 935 g/mol. The highest BCUT2D eigenvalue weighted by molar-refractivity contribution is 8.13. The Bertz CT molecular complexity index is 3080. The van der Waals surface area contributed by atoms with E-state index in [1.807, 2.05) is 5.38 Å².